The van der Waals surface area contributed by atoms with E-state index in [1.54, 1.807) is 0 Å². The maximum absolute atomic E-state index is 12.3. The third-order valence-electron chi connectivity index (χ3n) is 10.8. The van der Waals surface area contributed by atoms with E-state index >= 15 is 0 Å². The molecule has 64 heavy (non-hydrogen) atoms. The van der Waals surface area contributed by atoms with Crippen LogP contribution in [0.1, 0.15) is 198 Å². The number of nitrogens with two attached hydrogens (primary N) is 1. The van der Waals surface area contributed by atoms with Gasteiger partial charge in [0.05, 0.1) is 5.75 Å². The summed E-state index contributed by atoms with van der Waals surface area (Å²) in [5.41, 5.74) is 5.02. The van der Waals surface area contributed by atoms with E-state index in [4.69, 9.17) is 5.73 Å². The zero-order chi connectivity index (χ0) is 47.3. The van der Waals surface area contributed by atoms with Crippen molar-refractivity contribution < 1.29 is 52.2 Å². The summed E-state index contributed by atoms with van der Waals surface area (Å²) < 4.78 is 26.8. The highest BCUT2D eigenvalue weighted by Gasteiger charge is 2.24. The zero-order valence-electron chi connectivity index (χ0n) is 37.9. The number of hydrogen-bond donors (Lipinski definition) is 8. The molecule has 5 amide bonds. The number of carbonyl (C=O) groups is 7. The molecule has 1 rings (SSSR count). The van der Waals surface area contributed by atoms with E-state index in [2.05, 4.69) is 41.3 Å². The first-order chi connectivity index (χ1) is 30.7. The lowest BCUT2D eigenvalue weighted by atomic mass is 10.0. The highest BCUT2D eigenvalue weighted by molar-refractivity contribution is 7.90. The maximum Gasteiger partial charge on any atom is 0.326 e. The van der Waals surface area contributed by atoms with Crippen molar-refractivity contribution in [2.75, 3.05) is 12.3 Å². The molecular weight excluding hydrogens is 851 g/mol. The van der Waals surface area contributed by atoms with Crippen LogP contribution < -0.4 is 26.4 Å². The number of carboxylic acids is 2. The Morgan fingerprint density at radius 1 is 0.531 bits per heavy atom. The summed E-state index contributed by atoms with van der Waals surface area (Å²) >= 11 is 0. The lowest BCUT2D eigenvalue weighted by molar-refractivity contribution is -0.143. The van der Waals surface area contributed by atoms with Crippen molar-refractivity contribution in [3.63, 3.8) is 0 Å². The zero-order valence-corrected chi connectivity index (χ0v) is 38.7. The van der Waals surface area contributed by atoms with Crippen molar-refractivity contribution in [2.24, 2.45) is 5.73 Å². The maximum atomic E-state index is 12.3. The van der Waals surface area contributed by atoms with Crippen LogP contribution in [-0.4, -0.2) is 105 Å². The normalized spacial score (nSPS) is 12.2. The lowest BCUT2D eigenvalue weighted by Gasteiger charge is -2.16. The molecule has 1 aromatic rings. The van der Waals surface area contributed by atoms with Gasteiger partial charge in [0.1, 0.15) is 17.9 Å². The smallest absolute Gasteiger partial charge is 0.326 e. The number of nitrogens with one attached hydrogen (secondary N) is 5. The summed E-state index contributed by atoms with van der Waals surface area (Å²) in [5.74, 6) is -4.68. The van der Waals surface area contributed by atoms with Crippen LogP contribution in [-0.2, 0) is 50.0 Å². The Kier molecular flexibility index (Phi) is 32.8. The molecule has 0 spiro atoms. The van der Waals surface area contributed by atoms with Gasteiger partial charge in [-0.3, -0.25) is 28.7 Å². The number of hydrogen-bond acceptors (Lipinski definition) is 12. The van der Waals surface area contributed by atoms with Gasteiger partial charge in [-0.25, -0.2) is 23.1 Å². The van der Waals surface area contributed by atoms with Gasteiger partial charge in [0.25, 0.3) is 0 Å². The summed E-state index contributed by atoms with van der Waals surface area (Å²) in [7, 11) is -3.78. The predicted octanol–water partition coefficient (Wildman–Crippen LogP) is 4.63. The van der Waals surface area contributed by atoms with Crippen molar-refractivity contribution in [3.8, 4) is 0 Å². The third kappa shape index (κ3) is 33.8. The van der Waals surface area contributed by atoms with Gasteiger partial charge < -0.3 is 31.9 Å². The largest absolute Gasteiger partial charge is 0.480 e. The summed E-state index contributed by atoms with van der Waals surface area (Å²) in [5, 5.41) is 40.0. The molecule has 1 aromatic heterocycles. The van der Waals surface area contributed by atoms with E-state index in [-0.39, 0.29) is 63.0 Å². The van der Waals surface area contributed by atoms with Crippen molar-refractivity contribution in [1.82, 2.24) is 41.3 Å². The Labute approximate surface area is 379 Å². The van der Waals surface area contributed by atoms with Crippen LogP contribution in [0.2, 0.25) is 0 Å². The molecule has 1 heterocycles. The minimum atomic E-state index is -3.78. The van der Waals surface area contributed by atoms with Crippen LogP contribution in [0.3, 0.4) is 0 Å². The van der Waals surface area contributed by atoms with Gasteiger partial charge in [-0.05, 0) is 55.4 Å². The lowest BCUT2D eigenvalue weighted by Crippen LogP contribution is -2.44. The molecule has 0 aliphatic heterocycles. The monoisotopic (exact) mass is 928 g/mol. The molecular formula is C43H77N9O11S. The van der Waals surface area contributed by atoms with Gasteiger partial charge in [-0.1, -0.05) is 116 Å². The molecule has 2 atom stereocenters. The van der Waals surface area contributed by atoms with Gasteiger partial charge in [-0.2, -0.15) is 0 Å². The number of rotatable bonds is 43. The van der Waals surface area contributed by atoms with Gasteiger partial charge in [0, 0.05) is 45.1 Å². The Morgan fingerprint density at radius 3 is 1.42 bits per heavy atom. The average molecular weight is 928 g/mol. The third-order valence-corrected chi connectivity index (χ3v) is 12.2. The van der Waals surface area contributed by atoms with E-state index in [0.717, 1.165) is 89.3 Å². The molecule has 0 saturated heterocycles. The second kappa shape index (κ2) is 36.6. The predicted molar refractivity (Wildman–Crippen MR) is 240 cm³/mol. The van der Waals surface area contributed by atoms with Gasteiger partial charge in [-0.15, -0.1) is 5.10 Å². The molecule has 21 heteroatoms. The highest BCUT2D eigenvalue weighted by Crippen LogP contribution is 2.14. The summed E-state index contributed by atoms with van der Waals surface area (Å²) in [6.45, 7) is 0.510. The van der Waals surface area contributed by atoms with Crippen LogP contribution in [0.5, 0.6) is 0 Å². The number of unbranched alkanes of at least 4 members (excludes halogenated alkanes) is 20. The molecule has 0 aliphatic rings. The topological polar surface area (TPSA) is 323 Å². The van der Waals surface area contributed by atoms with E-state index in [9.17, 15) is 52.2 Å². The SMILES string of the molecule is NC(=O)CCC(NC(=O)CCC(NC(=O)CCCCCCCCCCCNC(=O)CCCS(=O)(=O)NC(=O)CCCCCCCCCCCCCCCc1nnn[nH]1)C(=O)O)C(=O)O. The summed E-state index contributed by atoms with van der Waals surface area (Å²) in [6, 6.07) is -2.64. The number of amides is 5. The van der Waals surface area contributed by atoms with E-state index < -0.39 is 57.7 Å². The summed E-state index contributed by atoms with van der Waals surface area (Å²) in [4.78, 5) is 82.6. The fourth-order valence-corrected chi connectivity index (χ4v) is 8.15. The second-order valence-corrected chi connectivity index (χ2v) is 18.5. The molecule has 9 N–H and O–H groups in total. The van der Waals surface area contributed by atoms with Crippen molar-refractivity contribution in [2.45, 2.75) is 211 Å². The molecule has 20 nitrogen and oxygen atoms in total. The number of tetrazole rings is 1. The Balaban J connectivity index is 1.95. The van der Waals surface area contributed by atoms with Crippen LogP contribution in [0.4, 0.5) is 0 Å². The van der Waals surface area contributed by atoms with Gasteiger partial charge in [0.15, 0.2) is 0 Å². The van der Waals surface area contributed by atoms with Crippen molar-refractivity contribution >= 4 is 51.5 Å². The molecule has 366 valence electrons. The first-order valence-electron chi connectivity index (χ1n) is 23.5. The summed E-state index contributed by atoms with van der Waals surface area (Å²) in [6.07, 6.45) is 23.2. The van der Waals surface area contributed by atoms with Gasteiger partial charge in [0.2, 0.25) is 39.6 Å². The minimum Gasteiger partial charge on any atom is -0.480 e. The van der Waals surface area contributed by atoms with Crippen LogP contribution in [0.25, 0.3) is 0 Å². The minimum absolute atomic E-state index is 0.0671. The molecule has 0 radical (unpaired) electrons. The molecule has 2 unspecified atom stereocenters. The van der Waals surface area contributed by atoms with Crippen LogP contribution >= 0.6 is 0 Å². The first kappa shape index (κ1) is 57.3. The standard InChI is InChI=1S/C43H77N9O11S/c44-36(53)30-28-34(42(58)59)47-40(56)31-29-35(43(60)61)46-39(55)25-20-16-12-9-6-10-14-18-22-32-45-38(54)27-23-33-64(62,63)50-41(57)26-21-17-13-8-5-3-1-2-4-7-11-15-19-24-37-48-51-52-49-37/h34-35H,1-33H2,(H2,44,53)(H,45,54)(H,46,55)(H,47,56)(H,50,57)(H,58,59)(H,60,61)(H,48,49,51,52). The second-order valence-electron chi connectivity index (χ2n) is 16.6. The quantitative estimate of drug-likeness (QED) is 0.0414. The molecule has 0 aliphatic carbocycles. The number of aromatic amines is 1. The van der Waals surface area contributed by atoms with Crippen LogP contribution in [0, 0.1) is 0 Å². The highest BCUT2D eigenvalue weighted by atomic mass is 32.2. The number of carbonyl (C=O) groups excluding carboxylic acids is 5. The fourth-order valence-electron chi connectivity index (χ4n) is 7.08. The Hall–Kier alpha value is -4.69. The average Bonchev–Trinajstić information content (AvgIpc) is 3.76. The number of carboxylic acid groups (broad SMARTS) is 2. The number of primary amides is 1. The number of nitrogens with zero attached hydrogens (tertiary/aromatic N) is 3. The number of aromatic nitrogens is 4. The number of sulfonamides is 1. The van der Waals surface area contributed by atoms with Crippen molar-refractivity contribution in [1.29, 1.82) is 0 Å². The molecule has 0 fully saturated rings. The Bertz CT molecular complexity index is 1600. The number of H-pyrrole nitrogens is 1. The number of aryl methyl sites for hydroxylation is 1. The van der Waals surface area contributed by atoms with E-state index in [1.165, 1.54) is 51.4 Å². The van der Waals surface area contributed by atoms with Crippen molar-refractivity contribution in [3.05, 3.63) is 5.82 Å². The van der Waals surface area contributed by atoms with E-state index in [0.29, 0.717) is 19.4 Å². The van der Waals surface area contributed by atoms with E-state index in [1.807, 2.05) is 0 Å². The first-order valence-corrected chi connectivity index (χ1v) is 25.2. The molecule has 0 saturated carbocycles. The number of aliphatic carboxylic acids is 2. The van der Waals surface area contributed by atoms with Crippen LogP contribution in [0.15, 0.2) is 0 Å². The van der Waals surface area contributed by atoms with Gasteiger partial charge >= 0.3 is 11.9 Å². The molecule has 0 aromatic carbocycles. The fraction of sp³-hybridized carbons (Fsp3) is 0.814. The molecule has 0 bridgehead atoms. The Morgan fingerprint density at radius 2 is 0.953 bits per heavy atom.